The third-order valence-electron chi connectivity index (χ3n) is 6.57. The Labute approximate surface area is 266 Å². The van der Waals surface area contributed by atoms with E-state index in [1.54, 1.807) is 60.0 Å². The molecule has 0 atom stereocenters. The van der Waals surface area contributed by atoms with Crippen LogP contribution in [0, 0.1) is 0 Å². The Balaban J connectivity index is 0.000000210. The number of hydrogen-bond donors (Lipinski definition) is 4. The van der Waals surface area contributed by atoms with E-state index in [4.69, 9.17) is 26.5 Å². The first-order valence-corrected chi connectivity index (χ1v) is 14.7. The predicted octanol–water partition coefficient (Wildman–Crippen LogP) is 5.30. The maximum Gasteiger partial charge on any atom is 0.490 e. The van der Waals surface area contributed by atoms with E-state index in [2.05, 4.69) is 4.98 Å². The summed E-state index contributed by atoms with van der Waals surface area (Å²) in [5.74, 6) is -4.52. The molecule has 0 radical (unpaired) electrons. The van der Waals surface area contributed by atoms with Crippen LogP contribution in [0.5, 0.6) is 0 Å². The van der Waals surface area contributed by atoms with Crippen molar-refractivity contribution < 1.29 is 42.6 Å². The van der Waals surface area contributed by atoms with Gasteiger partial charge in [-0.25, -0.2) is 4.79 Å². The summed E-state index contributed by atoms with van der Waals surface area (Å²) in [7, 11) is 0. The molecule has 46 heavy (non-hydrogen) atoms. The summed E-state index contributed by atoms with van der Waals surface area (Å²) in [5.41, 5.74) is 16.0. The molecule has 242 valence electrons. The molecule has 0 aliphatic heterocycles. The number of carbonyl (C=O) groups excluding carboxylic acids is 2. The number of alkyl halides is 3. The molecule has 0 spiro atoms. The van der Waals surface area contributed by atoms with Crippen LogP contribution in [0.1, 0.15) is 48.9 Å². The summed E-state index contributed by atoms with van der Waals surface area (Å²) < 4.78 is 31.7. The highest BCUT2D eigenvalue weighted by atomic mass is 32.1. The lowest BCUT2D eigenvalue weighted by atomic mass is 9.93. The molecule has 6 N–H and O–H groups in total. The van der Waals surface area contributed by atoms with Gasteiger partial charge in [0.05, 0.1) is 5.69 Å². The van der Waals surface area contributed by atoms with Crippen LogP contribution < -0.4 is 16.4 Å². The Morgan fingerprint density at radius 2 is 1.57 bits per heavy atom. The van der Waals surface area contributed by atoms with E-state index in [0.29, 0.717) is 22.7 Å². The number of carbonyl (C=O) groups is 4. The van der Waals surface area contributed by atoms with Crippen molar-refractivity contribution in [2.24, 2.45) is 11.5 Å². The molecule has 0 saturated heterocycles. The number of fused-ring (bicyclic) bond motifs is 1. The Kier molecular flexibility index (Phi) is 12.5. The lowest BCUT2D eigenvalue weighted by molar-refractivity contribution is -0.192. The van der Waals surface area contributed by atoms with Crippen LogP contribution in [0.2, 0.25) is 0 Å². The lowest BCUT2D eigenvalue weighted by Crippen LogP contribution is -2.35. The molecule has 1 aliphatic rings. The van der Waals surface area contributed by atoms with E-state index >= 15 is 0 Å². The number of anilines is 1. The zero-order valence-electron chi connectivity index (χ0n) is 24.4. The lowest BCUT2D eigenvalue weighted by Gasteiger charge is -2.21. The third-order valence-corrected chi connectivity index (χ3v) is 7.88. The fourth-order valence-electron chi connectivity index (χ4n) is 4.53. The van der Waals surface area contributed by atoms with Crippen LogP contribution in [-0.4, -0.2) is 51.7 Å². The van der Waals surface area contributed by atoms with Gasteiger partial charge in [0.15, 0.2) is 0 Å². The quantitative estimate of drug-likeness (QED) is 0.207. The van der Waals surface area contributed by atoms with Gasteiger partial charge in [-0.1, -0.05) is 36.4 Å². The number of carboxylic acids is 2. The minimum absolute atomic E-state index is 0.325. The number of nitrogens with zero attached hydrogens (tertiary/aromatic N) is 2. The van der Waals surface area contributed by atoms with Gasteiger partial charge in [0.25, 0.3) is 11.8 Å². The Morgan fingerprint density at radius 3 is 2.13 bits per heavy atom. The third kappa shape index (κ3) is 9.71. The summed E-state index contributed by atoms with van der Waals surface area (Å²) in [6.07, 6.45) is 1.15. The Bertz CT molecular complexity index is 1660. The van der Waals surface area contributed by atoms with Crippen LogP contribution in [-0.2, 0) is 29.0 Å². The van der Waals surface area contributed by atoms with Crippen molar-refractivity contribution in [2.75, 3.05) is 11.4 Å². The van der Waals surface area contributed by atoms with Crippen LogP contribution in [0.25, 0.3) is 11.3 Å². The minimum Gasteiger partial charge on any atom is -0.480 e. The first-order valence-electron chi connectivity index (χ1n) is 13.9. The molecule has 2 heterocycles. The van der Waals surface area contributed by atoms with Crippen molar-refractivity contribution in [1.82, 2.24) is 4.98 Å². The van der Waals surface area contributed by atoms with Crippen molar-refractivity contribution in [3.63, 3.8) is 0 Å². The number of hydrogen-bond acceptors (Lipinski definition) is 7. The molecule has 10 nitrogen and oxygen atoms in total. The molecule has 0 unspecified atom stereocenters. The van der Waals surface area contributed by atoms with E-state index in [0.717, 1.165) is 29.7 Å². The number of halogens is 3. The van der Waals surface area contributed by atoms with Gasteiger partial charge in [-0.05, 0) is 73.2 Å². The van der Waals surface area contributed by atoms with Crippen LogP contribution in [0.3, 0.4) is 0 Å². The standard InChI is InChI=1S/C16H16N2O3.C14H14N2OS.C2HF3O2/c17-10-12-5-4-6-13(9-12)16(21)18(11-15(19)20)14-7-2-1-3-8-14;15-14(17)13-12(10-6-3-4-8-16-10)9-5-1-2-7-11(9)18-13;3-2(4,5)1(6)7/h1-9H,10-11,17H2,(H,19,20);3-4,6,8H,1-2,5,7H2,(H2,15,17);(H,6,7). The zero-order chi connectivity index (χ0) is 33.9. The average Bonchev–Trinajstić information content (AvgIpc) is 3.44. The summed E-state index contributed by atoms with van der Waals surface area (Å²) in [6, 6.07) is 21.4. The zero-order valence-corrected chi connectivity index (χ0v) is 25.2. The highest BCUT2D eigenvalue weighted by molar-refractivity contribution is 7.14. The highest BCUT2D eigenvalue weighted by Gasteiger charge is 2.38. The number of amides is 2. The molecule has 2 aromatic carbocycles. The number of para-hydroxylation sites is 1. The number of aromatic nitrogens is 1. The van der Waals surface area contributed by atoms with Gasteiger partial charge in [0, 0.05) is 34.4 Å². The van der Waals surface area contributed by atoms with Gasteiger partial charge in [-0.15, -0.1) is 11.3 Å². The van der Waals surface area contributed by atoms with E-state index in [1.807, 2.05) is 30.3 Å². The molecular weight excluding hydrogens is 625 g/mol. The van der Waals surface area contributed by atoms with Crippen LogP contribution in [0.15, 0.2) is 79.0 Å². The van der Waals surface area contributed by atoms with E-state index < -0.39 is 24.7 Å². The summed E-state index contributed by atoms with van der Waals surface area (Å²) in [4.78, 5) is 51.7. The molecule has 5 rings (SSSR count). The largest absolute Gasteiger partial charge is 0.490 e. The van der Waals surface area contributed by atoms with Gasteiger partial charge >= 0.3 is 18.1 Å². The molecule has 0 fully saturated rings. The van der Waals surface area contributed by atoms with Crippen molar-refractivity contribution in [3.8, 4) is 11.3 Å². The molecule has 0 saturated carbocycles. The van der Waals surface area contributed by atoms with Crippen molar-refractivity contribution >= 4 is 40.8 Å². The maximum atomic E-state index is 12.6. The number of benzene rings is 2. The van der Waals surface area contributed by atoms with Crippen molar-refractivity contribution in [3.05, 3.63) is 105 Å². The van der Waals surface area contributed by atoms with E-state index in [9.17, 15) is 27.6 Å². The summed E-state index contributed by atoms with van der Waals surface area (Å²) >= 11 is 1.55. The number of nitrogens with two attached hydrogens (primary N) is 2. The number of pyridine rings is 1. The minimum atomic E-state index is -5.08. The van der Waals surface area contributed by atoms with Gasteiger partial charge in [-0.3, -0.25) is 24.3 Å². The number of aliphatic carboxylic acids is 2. The van der Waals surface area contributed by atoms with Gasteiger partial charge in [-0.2, -0.15) is 13.2 Å². The maximum absolute atomic E-state index is 12.6. The highest BCUT2D eigenvalue weighted by Crippen LogP contribution is 2.39. The molecule has 2 amide bonds. The molecule has 4 aromatic rings. The monoisotopic (exact) mass is 656 g/mol. The van der Waals surface area contributed by atoms with Crippen LogP contribution >= 0.6 is 11.3 Å². The first kappa shape index (κ1) is 35.4. The van der Waals surface area contributed by atoms with Crippen molar-refractivity contribution in [2.45, 2.75) is 38.4 Å². The first-order chi connectivity index (χ1) is 21.8. The normalized spacial score (nSPS) is 11.9. The second-order valence-electron chi connectivity index (χ2n) is 9.82. The number of aryl methyl sites for hydroxylation is 1. The topological polar surface area (TPSA) is 177 Å². The average molecular weight is 657 g/mol. The number of primary amides is 1. The smallest absolute Gasteiger partial charge is 0.480 e. The Hall–Kier alpha value is -5.08. The van der Waals surface area contributed by atoms with E-state index in [-0.39, 0.29) is 11.8 Å². The summed E-state index contributed by atoms with van der Waals surface area (Å²) in [6.45, 7) is -0.0684. The number of rotatable bonds is 7. The molecule has 0 bridgehead atoms. The van der Waals surface area contributed by atoms with Gasteiger partial charge in [0.2, 0.25) is 0 Å². The Morgan fingerprint density at radius 1 is 0.913 bits per heavy atom. The fourth-order valence-corrected chi connectivity index (χ4v) is 5.78. The molecule has 14 heteroatoms. The summed E-state index contributed by atoms with van der Waals surface area (Å²) in [5, 5.41) is 16.2. The second kappa shape index (κ2) is 16.3. The number of carboxylic acid groups (broad SMARTS) is 2. The second-order valence-corrected chi connectivity index (χ2v) is 10.9. The van der Waals surface area contributed by atoms with E-state index in [1.165, 1.54) is 28.2 Å². The van der Waals surface area contributed by atoms with Gasteiger partial charge in [0.1, 0.15) is 11.4 Å². The molecular formula is C32H31F3N4O6S. The van der Waals surface area contributed by atoms with Gasteiger partial charge < -0.3 is 21.7 Å². The SMILES string of the molecule is NC(=O)c1sc2c(c1-c1ccccn1)CCCC2.NCc1cccc(C(=O)N(CC(=O)O)c2ccccc2)c1.O=C(O)C(F)(F)F. The molecule has 2 aromatic heterocycles. The predicted molar refractivity (Wildman–Crippen MR) is 166 cm³/mol. The molecule has 1 aliphatic carbocycles. The number of thiophene rings is 1. The fraction of sp³-hybridized carbons (Fsp3) is 0.219. The van der Waals surface area contributed by atoms with Crippen molar-refractivity contribution in [1.29, 1.82) is 0 Å². The van der Waals surface area contributed by atoms with Crippen LogP contribution in [0.4, 0.5) is 18.9 Å².